The van der Waals surface area contributed by atoms with Gasteiger partial charge in [0.2, 0.25) is 0 Å². The molecule has 0 aliphatic carbocycles. The van der Waals surface area contributed by atoms with Gasteiger partial charge in [0.15, 0.2) is 8.32 Å². The molecule has 0 unspecified atom stereocenters. The second-order valence-corrected chi connectivity index (χ2v) is 12.6. The average molecular weight is 303 g/mol. The zero-order valence-electron chi connectivity index (χ0n) is 14.8. The first-order valence-electron chi connectivity index (χ1n) is 8.45. The Morgan fingerprint density at radius 2 is 1.45 bits per heavy atom. The first-order valence-corrected chi connectivity index (χ1v) is 11.4. The van der Waals surface area contributed by atoms with Crippen LogP contribution >= 0.6 is 0 Å². The molecular weight excluding hydrogens is 264 g/mol. The smallest absolute Gasteiger partial charge is 0.191 e. The van der Waals surface area contributed by atoms with Crippen molar-refractivity contribution in [1.29, 1.82) is 0 Å². The molecule has 0 radical (unpaired) electrons. The van der Waals surface area contributed by atoms with Gasteiger partial charge < -0.3 is 9.53 Å². The van der Waals surface area contributed by atoms with Gasteiger partial charge in [-0.2, -0.15) is 0 Å². The van der Waals surface area contributed by atoms with Crippen molar-refractivity contribution >= 4 is 8.32 Å². The van der Waals surface area contributed by atoms with Crippen LogP contribution in [-0.2, 0) is 4.43 Å². The molecule has 0 saturated carbocycles. The van der Waals surface area contributed by atoms with Crippen molar-refractivity contribution in [3.05, 3.63) is 0 Å². The van der Waals surface area contributed by atoms with Crippen molar-refractivity contribution in [1.82, 2.24) is 0 Å². The molecule has 0 fully saturated rings. The molecule has 0 spiro atoms. The van der Waals surface area contributed by atoms with Crippen LogP contribution in [0.4, 0.5) is 0 Å². The highest BCUT2D eigenvalue weighted by atomic mass is 28.4. The van der Waals surface area contributed by atoms with Gasteiger partial charge in [0.1, 0.15) is 0 Å². The second-order valence-electron chi connectivity index (χ2n) is 7.81. The van der Waals surface area contributed by atoms with Crippen LogP contribution in [0.1, 0.15) is 72.6 Å². The van der Waals surface area contributed by atoms with Crippen molar-refractivity contribution in [2.75, 3.05) is 13.2 Å². The third kappa shape index (κ3) is 9.14. The van der Waals surface area contributed by atoms with E-state index in [2.05, 4.69) is 40.8 Å². The van der Waals surface area contributed by atoms with Gasteiger partial charge in [-0.15, -0.1) is 0 Å². The minimum Gasteiger partial charge on any atom is -0.417 e. The summed E-state index contributed by atoms with van der Waals surface area (Å²) >= 11 is 0. The van der Waals surface area contributed by atoms with Crippen LogP contribution in [0.3, 0.4) is 0 Å². The molecule has 0 heterocycles. The molecule has 0 aliphatic heterocycles. The van der Waals surface area contributed by atoms with E-state index in [4.69, 9.17) is 9.53 Å². The Morgan fingerprint density at radius 3 is 1.95 bits per heavy atom. The molecule has 0 bridgehead atoms. The fourth-order valence-corrected chi connectivity index (χ4v) is 3.02. The molecule has 0 saturated heterocycles. The van der Waals surface area contributed by atoms with Gasteiger partial charge in [-0.05, 0) is 36.9 Å². The van der Waals surface area contributed by atoms with E-state index in [0.717, 1.165) is 6.61 Å². The summed E-state index contributed by atoms with van der Waals surface area (Å²) in [6, 6.07) is 0. The van der Waals surface area contributed by atoms with Crippen LogP contribution in [0.2, 0.25) is 18.1 Å². The zero-order valence-corrected chi connectivity index (χ0v) is 15.8. The molecule has 2 nitrogen and oxygen atoms in total. The maximum Gasteiger partial charge on any atom is 0.191 e. The van der Waals surface area contributed by atoms with Crippen LogP contribution in [0.25, 0.3) is 0 Å². The molecule has 3 heteroatoms. The number of unbranched alkanes of at least 4 members (excludes halogenated alkanes) is 5. The van der Waals surface area contributed by atoms with Crippen LogP contribution in [0, 0.1) is 5.92 Å². The van der Waals surface area contributed by atoms with Gasteiger partial charge >= 0.3 is 0 Å². The summed E-state index contributed by atoms with van der Waals surface area (Å²) < 4.78 is 6.18. The first-order chi connectivity index (χ1) is 9.20. The van der Waals surface area contributed by atoms with E-state index in [1.807, 2.05) is 0 Å². The topological polar surface area (TPSA) is 29.5 Å². The lowest BCUT2D eigenvalue weighted by Gasteiger charge is -2.36. The highest BCUT2D eigenvalue weighted by molar-refractivity contribution is 6.74. The Balaban J connectivity index is 3.42. The molecule has 0 rings (SSSR count). The van der Waals surface area contributed by atoms with Crippen LogP contribution < -0.4 is 0 Å². The van der Waals surface area contributed by atoms with E-state index >= 15 is 0 Å². The summed E-state index contributed by atoms with van der Waals surface area (Å²) in [5, 5.41) is 9.28. The Hall–Kier alpha value is 0.137. The van der Waals surface area contributed by atoms with Gasteiger partial charge in [-0.25, -0.2) is 0 Å². The standard InChI is InChI=1S/C17H38O2Si/c1-16(15-18)13-11-9-7-8-10-12-14-19-20(5,6)17(2,3)4/h16,18H,7-15H2,1-6H3/t16-/m1/s1. The molecule has 0 aromatic rings. The van der Waals surface area contributed by atoms with E-state index in [0.29, 0.717) is 17.6 Å². The fraction of sp³-hybridized carbons (Fsp3) is 1.00. The Bertz CT molecular complexity index is 234. The summed E-state index contributed by atoms with van der Waals surface area (Å²) in [6.07, 6.45) is 8.91. The fourth-order valence-electron chi connectivity index (χ4n) is 1.94. The average Bonchev–Trinajstić information content (AvgIpc) is 2.34. The molecule has 20 heavy (non-hydrogen) atoms. The minimum atomic E-state index is -1.53. The zero-order chi connectivity index (χ0) is 15.6. The molecule has 0 aromatic heterocycles. The predicted octanol–water partition coefficient (Wildman–Crippen LogP) is 5.37. The quantitative estimate of drug-likeness (QED) is 0.411. The van der Waals surface area contributed by atoms with Crippen LogP contribution in [0.5, 0.6) is 0 Å². The van der Waals surface area contributed by atoms with Gasteiger partial charge in [0.25, 0.3) is 0 Å². The summed E-state index contributed by atoms with van der Waals surface area (Å²) in [7, 11) is -1.53. The summed E-state index contributed by atoms with van der Waals surface area (Å²) in [6.45, 7) is 15.0. The summed E-state index contributed by atoms with van der Waals surface area (Å²) in [4.78, 5) is 0. The molecule has 0 aliphatic rings. The molecule has 1 N–H and O–H groups in total. The summed E-state index contributed by atoms with van der Waals surface area (Å²) in [5.74, 6) is 0.480. The SMILES string of the molecule is C[C@@H](CO)CCCCCCCCO[Si](C)(C)C(C)(C)C. The second kappa shape index (κ2) is 9.96. The van der Waals surface area contributed by atoms with Crippen molar-refractivity contribution in [2.24, 2.45) is 5.92 Å². The van der Waals surface area contributed by atoms with E-state index < -0.39 is 8.32 Å². The number of hydrogen-bond acceptors (Lipinski definition) is 2. The number of rotatable bonds is 11. The van der Waals surface area contributed by atoms with Gasteiger partial charge in [-0.1, -0.05) is 59.8 Å². The number of hydrogen-bond donors (Lipinski definition) is 1. The highest BCUT2D eigenvalue weighted by Gasteiger charge is 2.36. The van der Waals surface area contributed by atoms with E-state index in [-0.39, 0.29) is 0 Å². The normalized spacial score (nSPS) is 14.6. The minimum absolute atomic E-state index is 0.330. The highest BCUT2D eigenvalue weighted by Crippen LogP contribution is 2.36. The van der Waals surface area contributed by atoms with Crippen LogP contribution in [0.15, 0.2) is 0 Å². The molecular formula is C17H38O2Si. The lowest BCUT2D eigenvalue weighted by molar-refractivity contribution is 0.227. The van der Waals surface area contributed by atoms with Crippen molar-refractivity contribution in [3.8, 4) is 0 Å². The van der Waals surface area contributed by atoms with E-state index in [1.165, 1.54) is 44.9 Å². The van der Waals surface area contributed by atoms with E-state index in [1.54, 1.807) is 0 Å². The number of aliphatic hydroxyl groups excluding tert-OH is 1. The lowest BCUT2D eigenvalue weighted by Crippen LogP contribution is -2.40. The van der Waals surface area contributed by atoms with Gasteiger partial charge in [-0.3, -0.25) is 0 Å². The molecule has 122 valence electrons. The van der Waals surface area contributed by atoms with Crippen LogP contribution in [-0.4, -0.2) is 26.6 Å². The molecule has 1 atom stereocenters. The monoisotopic (exact) mass is 302 g/mol. The number of aliphatic hydroxyl groups is 1. The Morgan fingerprint density at radius 1 is 0.950 bits per heavy atom. The Labute approximate surface area is 128 Å². The molecule has 0 aromatic carbocycles. The first kappa shape index (κ1) is 20.1. The third-order valence-corrected chi connectivity index (χ3v) is 9.21. The Kier molecular flexibility index (Phi) is 10.0. The third-order valence-electron chi connectivity index (χ3n) is 4.67. The van der Waals surface area contributed by atoms with Crippen molar-refractivity contribution < 1.29 is 9.53 Å². The van der Waals surface area contributed by atoms with E-state index in [9.17, 15) is 0 Å². The van der Waals surface area contributed by atoms with Gasteiger partial charge in [0.05, 0.1) is 0 Å². The maximum absolute atomic E-state index is 8.95. The largest absolute Gasteiger partial charge is 0.417 e. The summed E-state index contributed by atoms with van der Waals surface area (Å²) in [5.41, 5.74) is 0. The van der Waals surface area contributed by atoms with Crippen molar-refractivity contribution in [2.45, 2.75) is 90.8 Å². The lowest BCUT2D eigenvalue weighted by atomic mass is 10.0. The molecule has 0 amide bonds. The van der Waals surface area contributed by atoms with Crippen molar-refractivity contribution in [3.63, 3.8) is 0 Å². The van der Waals surface area contributed by atoms with Gasteiger partial charge in [0, 0.05) is 13.2 Å². The predicted molar refractivity (Wildman–Crippen MR) is 91.7 cm³/mol. The maximum atomic E-state index is 8.95.